The van der Waals surface area contributed by atoms with Gasteiger partial charge in [-0.05, 0) is 43.3 Å². The molecule has 0 saturated carbocycles. The van der Waals surface area contributed by atoms with Crippen LogP contribution in [0.5, 0.6) is 11.5 Å². The molecule has 6 nitrogen and oxygen atoms in total. The Hall–Kier alpha value is -2.44. The first kappa shape index (κ1) is 18.9. The van der Waals surface area contributed by atoms with Crippen LogP contribution in [0.2, 0.25) is 10.0 Å². The Kier molecular flexibility index (Phi) is 6.50. The summed E-state index contributed by atoms with van der Waals surface area (Å²) in [6, 6.07) is 9.14. The molecule has 0 atom stereocenters. The zero-order chi connectivity index (χ0) is 18.4. The van der Waals surface area contributed by atoms with Gasteiger partial charge in [-0.25, -0.2) is 0 Å². The normalized spacial score (nSPS) is 10.1. The Morgan fingerprint density at radius 3 is 2.16 bits per heavy atom. The fourth-order valence-electron chi connectivity index (χ4n) is 1.99. The van der Waals surface area contributed by atoms with E-state index in [1.165, 1.54) is 19.2 Å². The molecule has 2 N–H and O–H groups in total. The Balaban J connectivity index is 2.09. The molecule has 0 spiro atoms. The highest BCUT2D eigenvalue weighted by Gasteiger charge is 2.16. The van der Waals surface area contributed by atoms with Crippen molar-refractivity contribution in [1.29, 1.82) is 0 Å². The van der Waals surface area contributed by atoms with Gasteiger partial charge in [0.05, 0.1) is 18.7 Å². The number of rotatable bonds is 5. The number of carbonyl (C=O) groups excluding carboxylic acids is 2. The number of amides is 2. The SMILES string of the molecule is CCOc1c(Cl)cc(C(=O)NNC(=O)c2ccc(Cl)cc2)cc1OC. The smallest absolute Gasteiger partial charge is 0.269 e. The maximum absolute atomic E-state index is 12.2. The lowest BCUT2D eigenvalue weighted by Crippen LogP contribution is -2.41. The molecular formula is C17H16Cl2N2O4. The van der Waals surface area contributed by atoms with Gasteiger partial charge in [-0.2, -0.15) is 0 Å². The first-order valence-electron chi connectivity index (χ1n) is 7.32. The first-order chi connectivity index (χ1) is 12.0. The summed E-state index contributed by atoms with van der Waals surface area (Å²) in [5.41, 5.74) is 5.20. The number of methoxy groups -OCH3 is 1. The largest absolute Gasteiger partial charge is 0.493 e. The molecule has 0 aliphatic carbocycles. The highest BCUT2D eigenvalue weighted by Crippen LogP contribution is 2.36. The van der Waals surface area contributed by atoms with Crippen LogP contribution in [0, 0.1) is 0 Å². The van der Waals surface area contributed by atoms with Crippen LogP contribution in [0.3, 0.4) is 0 Å². The van der Waals surface area contributed by atoms with Gasteiger partial charge >= 0.3 is 0 Å². The van der Waals surface area contributed by atoms with Crippen LogP contribution in [0.1, 0.15) is 27.6 Å². The molecule has 0 saturated heterocycles. The van der Waals surface area contributed by atoms with E-state index in [2.05, 4.69) is 10.9 Å². The molecule has 2 amide bonds. The Morgan fingerprint density at radius 1 is 1.00 bits per heavy atom. The summed E-state index contributed by atoms with van der Waals surface area (Å²) >= 11 is 11.9. The van der Waals surface area contributed by atoms with E-state index >= 15 is 0 Å². The topological polar surface area (TPSA) is 76.7 Å². The van der Waals surface area contributed by atoms with Crippen LogP contribution >= 0.6 is 23.2 Å². The van der Waals surface area contributed by atoms with E-state index in [4.69, 9.17) is 32.7 Å². The first-order valence-corrected chi connectivity index (χ1v) is 8.08. The molecule has 0 heterocycles. The van der Waals surface area contributed by atoms with Gasteiger partial charge in [0.1, 0.15) is 0 Å². The van der Waals surface area contributed by atoms with Crippen molar-refractivity contribution < 1.29 is 19.1 Å². The summed E-state index contributed by atoms with van der Waals surface area (Å²) in [5, 5.41) is 0.743. The Bertz CT molecular complexity index is 779. The Labute approximate surface area is 155 Å². The predicted molar refractivity (Wildman–Crippen MR) is 95.6 cm³/mol. The average molecular weight is 383 g/mol. The van der Waals surface area contributed by atoms with Crippen LogP contribution in [-0.4, -0.2) is 25.5 Å². The summed E-state index contributed by atoms with van der Waals surface area (Å²) < 4.78 is 10.6. The molecule has 0 fully saturated rings. The van der Waals surface area contributed by atoms with Crippen molar-refractivity contribution in [3.63, 3.8) is 0 Å². The monoisotopic (exact) mass is 382 g/mol. The second-order valence-corrected chi connectivity index (χ2v) is 5.68. The van der Waals surface area contributed by atoms with Crippen molar-refractivity contribution in [2.75, 3.05) is 13.7 Å². The molecule has 0 bridgehead atoms. The molecule has 0 aliphatic rings. The van der Waals surface area contributed by atoms with Gasteiger partial charge in [0.2, 0.25) is 0 Å². The molecule has 2 rings (SSSR count). The van der Waals surface area contributed by atoms with Gasteiger partial charge in [0.15, 0.2) is 11.5 Å². The summed E-state index contributed by atoms with van der Waals surface area (Å²) in [6.45, 7) is 2.21. The number of hydrogen-bond acceptors (Lipinski definition) is 4. The molecule has 132 valence electrons. The minimum Gasteiger partial charge on any atom is -0.493 e. The van der Waals surface area contributed by atoms with Crippen molar-refractivity contribution in [1.82, 2.24) is 10.9 Å². The van der Waals surface area contributed by atoms with Gasteiger partial charge in [-0.15, -0.1) is 0 Å². The lowest BCUT2D eigenvalue weighted by Gasteiger charge is -2.13. The molecule has 2 aromatic rings. The number of ether oxygens (including phenoxy) is 2. The molecule has 8 heteroatoms. The van der Waals surface area contributed by atoms with Crippen LogP contribution in [-0.2, 0) is 0 Å². The van der Waals surface area contributed by atoms with Gasteiger partial charge < -0.3 is 9.47 Å². The maximum Gasteiger partial charge on any atom is 0.269 e. The summed E-state index contributed by atoms with van der Waals surface area (Å²) in [6.07, 6.45) is 0. The molecular weight excluding hydrogens is 367 g/mol. The highest BCUT2D eigenvalue weighted by atomic mass is 35.5. The number of carbonyl (C=O) groups is 2. The van der Waals surface area contributed by atoms with Crippen molar-refractivity contribution >= 4 is 35.0 Å². The summed E-state index contributed by atoms with van der Waals surface area (Å²) in [5.74, 6) is -0.350. The maximum atomic E-state index is 12.2. The standard InChI is InChI=1S/C17H16Cl2N2O4/c1-3-25-15-13(19)8-11(9-14(15)24-2)17(23)21-20-16(22)10-4-6-12(18)7-5-10/h4-9H,3H2,1-2H3,(H,20,22)(H,21,23). The van der Waals surface area contributed by atoms with E-state index in [1.54, 1.807) is 24.3 Å². The van der Waals surface area contributed by atoms with E-state index < -0.39 is 11.8 Å². The fourth-order valence-corrected chi connectivity index (χ4v) is 2.39. The van der Waals surface area contributed by atoms with E-state index in [0.717, 1.165) is 0 Å². The van der Waals surface area contributed by atoms with Gasteiger partial charge in [0.25, 0.3) is 11.8 Å². The van der Waals surface area contributed by atoms with Gasteiger partial charge in [-0.1, -0.05) is 23.2 Å². The second kappa shape index (κ2) is 8.60. The lowest BCUT2D eigenvalue weighted by molar-refractivity contribution is 0.0846. The molecule has 0 aromatic heterocycles. The lowest BCUT2D eigenvalue weighted by atomic mass is 10.2. The number of benzene rings is 2. The minimum absolute atomic E-state index is 0.210. The number of hydrogen-bond donors (Lipinski definition) is 2. The van der Waals surface area contributed by atoms with Crippen LogP contribution in [0.4, 0.5) is 0 Å². The van der Waals surface area contributed by atoms with Gasteiger partial charge in [-0.3, -0.25) is 20.4 Å². The molecule has 2 aromatic carbocycles. The summed E-state index contributed by atoms with van der Waals surface area (Å²) in [7, 11) is 1.44. The fraction of sp³-hybridized carbons (Fsp3) is 0.176. The van der Waals surface area contributed by atoms with Crippen LogP contribution in [0.25, 0.3) is 0 Å². The van der Waals surface area contributed by atoms with Crippen LogP contribution < -0.4 is 20.3 Å². The van der Waals surface area contributed by atoms with Crippen molar-refractivity contribution in [3.8, 4) is 11.5 Å². The molecule has 0 radical (unpaired) electrons. The minimum atomic E-state index is -0.550. The van der Waals surface area contributed by atoms with Crippen LogP contribution in [0.15, 0.2) is 36.4 Å². The zero-order valence-electron chi connectivity index (χ0n) is 13.6. The summed E-state index contributed by atoms with van der Waals surface area (Å²) in [4.78, 5) is 24.2. The number of hydrazine groups is 1. The average Bonchev–Trinajstić information content (AvgIpc) is 2.61. The third-order valence-electron chi connectivity index (χ3n) is 3.18. The number of halogens is 2. The van der Waals surface area contributed by atoms with E-state index in [9.17, 15) is 9.59 Å². The molecule has 0 unspecified atom stereocenters. The van der Waals surface area contributed by atoms with Gasteiger partial charge in [0, 0.05) is 16.1 Å². The zero-order valence-corrected chi connectivity index (χ0v) is 15.1. The van der Waals surface area contributed by atoms with Crippen molar-refractivity contribution in [2.24, 2.45) is 0 Å². The molecule has 0 aliphatic heterocycles. The molecule has 25 heavy (non-hydrogen) atoms. The quantitative estimate of drug-likeness (QED) is 0.776. The van der Waals surface area contributed by atoms with E-state index in [-0.39, 0.29) is 10.6 Å². The van der Waals surface area contributed by atoms with E-state index in [1.807, 2.05) is 6.92 Å². The highest BCUT2D eigenvalue weighted by molar-refractivity contribution is 6.32. The van der Waals surface area contributed by atoms with Crippen molar-refractivity contribution in [2.45, 2.75) is 6.92 Å². The third-order valence-corrected chi connectivity index (χ3v) is 3.71. The van der Waals surface area contributed by atoms with E-state index in [0.29, 0.717) is 28.7 Å². The Morgan fingerprint density at radius 2 is 1.60 bits per heavy atom. The third kappa shape index (κ3) is 4.78. The number of nitrogens with one attached hydrogen (secondary N) is 2. The second-order valence-electron chi connectivity index (χ2n) is 4.84. The van der Waals surface area contributed by atoms with Crippen molar-refractivity contribution in [3.05, 3.63) is 57.6 Å². The predicted octanol–water partition coefficient (Wildman–Crippen LogP) is 3.48.